The highest BCUT2D eigenvalue weighted by Gasteiger charge is 2.05. The lowest BCUT2D eigenvalue weighted by atomic mass is 10.0. The number of rotatable bonds is 5. The maximum atomic E-state index is 10.9. The van der Waals surface area contributed by atoms with Gasteiger partial charge in [-0.15, -0.1) is 0 Å². The zero-order valence-electron chi connectivity index (χ0n) is 7.52. The van der Waals surface area contributed by atoms with Gasteiger partial charge < -0.3 is 0 Å². The number of Topliss-reactive ketones (excluding diaryl/α,β-unsaturated/α-hetero) is 2. The van der Waals surface area contributed by atoms with Crippen LogP contribution in [0.1, 0.15) is 47.5 Å². The molecule has 0 saturated heterocycles. The molecule has 0 aromatic rings. The molecule has 0 saturated carbocycles. The van der Waals surface area contributed by atoms with E-state index in [-0.39, 0.29) is 25.4 Å². The first-order valence-corrected chi connectivity index (χ1v) is 4.03. The second-order valence-electron chi connectivity index (χ2n) is 3.35. The fraction of sp³-hybridized carbons (Fsp3) is 0.800. The molecular weight excluding hydrogens is 152 g/mol. The van der Waals surface area contributed by atoms with Crippen molar-refractivity contribution in [3.8, 4) is 0 Å². The Bertz CT molecular complexity index is 148. The summed E-state index contributed by atoms with van der Waals surface area (Å²) in [5.41, 5.74) is 0. The minimum absolute atomic E-state index is 0. The Labute approximate surface area is 75.4 Å². The van der Waals surface area contributed by atoms with Crippen LogP contribution in [-0.4, -0.2) is 11.6 Å². The second-order valence-corrected chi connectivity index (χ2v) is 3.35. The average Bonchev–Trinajstić information content (AvgIpc) is 1.82. The van der Waals surface area contributed by atoms with Crippen molar-refractivity contribution in [2.45, 2.75) is 47.5 Å². The predicted molar refractivity (Wildman–Crippen MR) is 51.1 cm³/mol. The Morgan fingerprint density at radius 1 is 1.25 bits per heavy atom. The quantitative estimate of drug-likeness (QED) is 0.597. The van der Waals surface area contributed by atoms with E-state index in [4.69, 9.17) is 0 Å². The summed E-state index contributed by atoms with van der Waals surface area (Å²) in [4.78, 5) is 21.4. The van der Waals surface area contributed by atoms with Gasteiger partial charge in [-0.05, 0) is 19.3 Å². The standard InChI is InChI=1S/C9H16O2.CH4/c1-7(2)4-5-9(11)6-8(3)10;/h7H,4-6H2,1-3H3;1H4. The molecule has 0 spiro atoms. The van der Waals surface area contributed by atoms with Crippen LogP contribution in [0, 0.1) is 5.92 Å². The molecule has 0 aliphatic carbocycles. The zero-order valence-corrected chi connectivity index (χ0v) is 7.52. The van der Waals surface area contributed by atoms with Crippen molar-refractivity contribution < 1.29 is 9.59 Å². The first-order chi connectivity index (χ1) is 5.02. The van der Waals surface area contributed by atoms with E-state index in [2.05, 4.69) is 13.8 Å². The monoisotopic (exact) mass is 172 g/mol. The number of hydrogen-bond donors (Lipinski definition) is 0. The third-order valence-electron chi connectivity index (χ3n) is 1.45. The Kier molecular flexibility index (Phi) is 8.12. The Hall–Kier alpha value is -0.660. The summed E-state index contributed by atoms with van der Waals surface area (Å²) in [5.74, 6) is 0.593. The van der Waals surface area contributed by atoms with Crippen LogP contribution < -0.4 is 0 Å². The van der Waals surface area contributed by atoms with Crippen molar-refractivity contribution in [2.75, 3.05) is 0 Å². The lowest BCUT2D eigenvalue weighted by molar-refractivity contribution is -0.126. The molecule has 2 heteroatoms. The molecule has 0 atom stereocenters. The van der Waals surface area contributed by atoms with E-state index in [0.717, 1.165) is 6.42 Å². The van der Waals surface area contributed by atoms with Crippen LogP contribution in [0.4, 0.5) is 0 Å². The summed E-state index contributed by atoms with van der Waals surface area (Å²) in [6.45, 7) is 5.59. The van der Waals surface area contributed by atoms with Gasteiger partial charge in [-0.1, -0.05) is 21.3 Å². The van der Waals surface area contributed by atoms with E-state index < -0.39 is 0 Å². The summed E-state index contributed by atoms with van der Waals surface area (Å²) in [5, 5.41) is 0. The smallest absolute Gasteiger partial charge is 0.140 e. The third-order valence-corrected chi connectivity index (χ3v) is 1.45. The Morgan fingerprint density at radius 3 is 2.08 bits per heavy atom. The molecule has 0 N–H and O–H groups in total. The maximum Gasteiger partial charge on any atom is 0.140 e. The number of carbonyl (C=O) groups is 2. The third kappa shape index (κ3) is 9.34. The molecular formula is C10H20O2. The van der Waals surface area contributed by atoms with Crippen molar-refractivity contribution in [1.29, 1.82) is 0 Å². The fourth-order valence-corrected chi connectivity index (χ4v) is 0.816. The molecule has 12 heavy (non-hydrogen) atoms. The second kappa shape index (κ2) is 7.01. The van der Waals surface area contributed by atoms with E-state index >= 15 is 0 Å². The molecule has 0 aromatic heterocycles. The van der Waals surface area contributed by atoms with E-state index in [1.54, 1.807) is 0 Å². The van der Waals surface area contributed by atoms with Gasteiger partial charge >= 0.3 is 0 Å². The highest BCUT2D eigenvalue weighted by molar-refractivity contribution is 5.97. The van der Waals surface area contributed by atoms with Crippen LogP contribution in [0.3, 0.4) is 0 Å². The molecule has 0 rings (SSSR count). The normalized spacial score (nSPS) is 9.33. The Balaban J connectivity index is 0. The van der Waals surface area contributed by atoms with E-state index in [1.165, 1.54) is 6.92 Å². The molecule has 0 unspecified atom stereocenters. The molecule has 0 amide bonds. The molecule has 2 nitrogen and oxygen atoms in total. The van der Waals surface area contributed by atoms with Crippen LogP contribution in [0.5, 0.6) is 0 Å². The molecule has 0 aromatic carbocycles. The molecule has 0 radical (unpaired) electrons. The van der Waals surface area contributed by atoms with Crippen molar-refractivity contribution >= 4 is 11.6 Å². The topological polar surface area (TPSA) is 34.1 Å². The summed E-state index contributed by atoms with van der Waals surface area (Å²) in [7, 11) is 0. The summed E-state index contributed by atoms with van der Waals surface area (Å²) >= 11 is 0. The molecule has 0 fully saturated rings. The number of ketones is 2. The molecule has 0 aliphatic heterocycles. The van der Waals surface area contributed by atoms with Gasteiger partial charge in [-0.3, -0.25) is 9.59 Å². The maximum absolute atomic E-state index is 10.9. The van der Waals surface area contributed by atoms with Gasteiger partial charge in [0.2, 0.25) is 0 Å². The highest BCUT2D eigenvalue weighted by Crippen LogP contribution is 2.05. The van der Waals surface area contributed by atoms with Gasteiger partial charge in [-0.2, -0.15) is 0 Å². The van der Waals surface area contributed by atoms with Crippen LogP contribution in [-0.2, 0) is 9.59 Å². The SMILES string of the molecule is C.CC(=O)CC(=O)CCC(C)C. The van der Waals surface area contributed by atoms with Crippen LogP contribution >= 0.6 is 0 Å². The Morgan fingerprint density at radius 2 is 1.75 bits per heavy atom. The highest BCUT2D eigenvalue weighted by atomic mass is 16.1. The van der Waals surface area contributed by atoms with Crippen LogP contribution in [0.25, 0.3) is 0 Å². The minimum Gasteiger partial charge on any atom is -0.300 e. The van der Waals surface area contributed by atoms with Crippen LogP contribution in [0.2, 0.25) is 0 Å². The molecule has 0 bridgehead atoms. The zero-order chi connectivity index (χ0) is 8.85. The van der Waals surface area contributed by atoms with Gasteiger partial charge in [0.05, 0.1) is 6.42 Å². The predicted octanol–water partition coefficient (Wildman–Crippen LogP) is 2.61. The first-order valence-electron chi connectivity index (χ1n) is 4.03. The van der Waals surface area contributed by atoms with Gasteiger partial charge in [-0.25, -0.2) is 0 Å². The lowest BCUT2D eigenvalue weighted by Gasteiger charge is -2.01. The van der Waals surface area contributed by atoms with Gasteiger partial charge in [0.25, 0.3) is 0 Å². The van der Waals surface area contributed by atoms with E-state index in [1.807, 2.05) is 0 Å². The summed E-state index contributed by atoms with van der Waals surface area (Å²) in [6, 6.07) is 0. The summed E-state index contributed by atoms with van der Waals surface area (Å²) in [6.07, 6.45) is 1.57. The van der Waals surface area contributed by atoms with Gasteiger partial charge in [0, 0.05) is 6.42 Å². The lowest BCUT2D eigenvalue weighted by Crippen LogP contribution is -2.05. The largest absolute Gasteiger partial charge is 0.300 e. The van der Waals surface area contributed by atoms with E-state index in [9.17, 15) is 9.59 Å². The van der Waals surface area contributed by atoms with Crippen molar-refractivity contribution in [3.63, 3.8) is 0 Å². The van der Waals surface area contributed by atoms with Crippen molar-refractivity contribution in [1.82, 2.24) is 0 Å². The van der Waals surface area contributed by atoms with Crippen molar-refractivity contribution in [3.05, 3.63) is 0 Å². The van der Waals surface area contributed by atoms with Crippen molar-refractivity contribution in [2.24, 2.45) is 5.92 Å². The molecule has 0 heterocycles. The van der Waals surface area contributed by atoms with Gasteiger partial charge in [0.15, 0.2) is 0 Å². The fourth-order valence-electron chi connectivity index (χ4n) is 0.816. The summed E-state index contributed by atoms with van der Waals surface area (Å²) < 4.78 is 0. The minimum atomic E-state index is -0.0289. The molecule has 72 valence electrons. The van der Waals surface area contributed by atoms with E-state index in [0.29, 0.717) is 12.3 Å². The van der Waals surface area contributed by atoms with Crippen LogP contribution in [0.15, 0.2) is 0 Å². The average molecular weight is 172 g/mol. The number of hydrogen-bond acceptors (Lipinski definition) is 2. The first kappa shape index (κ1) is 13.9. The molecule has 0 aliphatic rings. The number of carbonyl (C=O) groups excluding carboxylic acids is 2. The van der Waals surface area contributed by atoms with Gasteiger partial charge in [0.1, 0.15) is 11.6 Å².